The maximum atomic E-state index is 14.0. The Morgan fingerprint density at radius 2 is 0.471 bits per heavy atom. The van der Waals surface area contributed by atoms with Gasteiger partial charge in [0.15, 0.2) is 0 Å². The Morgan fingerprint density at radius 3 is 0.625 bits per heavy atom. The number of carbonyl (C=O) groups excluding carboxylic acids is 4. The van der Waals surface area contributed by atoms with Crippen LogP contribution in [0.15, 0.2) is 262 Å². The first kappa shape index (κ1) is 97.0. The summed E-state index contributed by atoms with van der Waals surface area (Å²) in [6.45, 7) is 22.4. The molecule has 8 heterocycles. The Hall–Kier alpha value is -10.7. The molecule has 0 N–H and O–H groups in total. The molecule has 0 radical (unpaired) electrons. The lowest BCUT2D eigenvalue weighted by Gasteiger charge is -2.47. The highest BCUT2D eigenvalue weighted by atomic mass is 35.5. The summed E-state index contributed by atoms with van der Waals surface area (Å²) in [6, 6.07) is 57.2. The summed E-state index contributed by atoms with van der Waals surface area (Å²) >= 11 is 50.2. The summed E-state index contributed by atoms with van der Waals surface area (Å²) in [5, 5.41) is 38.4. The fraction of sp³-hybridized carbons (Fsp3) is 0.346. The summed E-state index contributed by atoms with van der Waals surface area (Å²) in [4.78, 5) is 63.5. The number of morpholine rings is 4. The summed E-state index contributed by atoms with van der Waals surface area (Å²) in [5.41, 5.74) is 7.16. The largest absolute Gasteiger partial charge is 0.423 e. The van der Waals surface area contributed by atoms with Crippen molar-refractivity contribution >= 4 is 116 Å². The molecule has 4 saturated heterocycles. The maximum Gasteiger partial charge on any atom is 0.253 e. The zero-order chi connectivity index (χ0) is 95.3. The number of hydrogen-bond donors (Lipinski definition) is 0. The summed E-state index contributed by atoms with van der Waals surface area (Å²) in [5.74, 6) is 4.17. The van der Waals surface area contributed by atoms with Gasteiger partial charge in [-0.05, 0) is 217 Å². The van der Waals surface area contributed by atoms with Crippen LogP contribution >= 0.6 is 92.8 Å². The molecule has 4 aromatic heterocycles. The molecule has 136 heavy (non-hydrogen) atoms. The van der Waals surface area contributed by atoms with Crippen LogP contribution in [0.3, 0.4) is 0 Å². The second kappa shape index (κ2) is 43.2. The number of nitrogens with zero attached hydrogens (tertiary/aromatic N) is 12. The van der Waals surface area contributed by atoms with E-state index in [0.29, 0.717) is 113 Å². The second-order valence-electron chi connectivity index (χ2n) is 35.2. The van der Waals surface area contributed by atoms with Crippen LogP contribution < -0.4 is 0 Å². The number of ether oxygens (including phenoxy) is 4. The summed E-state index contributed by atoms with van der Waals surface area (Å²) in [6.07, 6.45) is 11.7. The maximum absolute atomic E-state index is 14.0. The Labute approximate surface area is 828 Å². The van der Waals surface area contributed by atoms with Crippen molar-refractivity contribution in [1.29, 1.82) is 0 Å². The molecule has 4 aliphatic carbocycles. The quantitative estimate of drug-likeness (QED) is 0.0412. The molecule has 8 aromatic carbocycles. The van der Waals surface area contributed by atoms with Crippen molar-refractivity contribution in [3.63, 3.8) is 0 Å². The van der Waals surface area contributed by atoms with Crippen molar-refractivity contribution in [2.24, 2.45) is 23.7 Å². The first-order valence-electron chi connectivity index (χ1n) is 45.4. The Bertz CT molecular complexity index is 5520. The number of carbonyl (C=O) groups is 4. The van der Waals surface area contributed by atoms with Gasteiger partial charge in [0.1, 0.15) is 73.0 Å². The molecule has 32 heteroatoms. The molecular weight excluding hydrogens is 1890 g/mol. The van der Waals surface area contributed by atoms with Crippen LogP contribution in [0.4, 0.5) is 0 Å². The zero-order valence-electron chi connectivity index (χ0n) is 74.9. The number of rotatable bonds is 28. The third-order valence-electron chi connectivity index (χ3n) is 25.4. The minimum atomic E-state index is -0.685. The molecule has 0 spiro atoms. The van der Waals surface area contributed by atoms with Gasteiger partial charge in [-0.2, -0.15) is 0 Å². The first-order chi connectivity index (χ1) is 65.8. The minimum absolute atomic E-state index is 0.120. The normalized spacial score (nSPS) is 23.7. The second-order valence-corrected chi connectivity index (χ2v) is 38.7. The fourth-order valence-corrected chi connectivity index (χ4v) is 20.1. The summed E-state index contributed by atoms with van der Waals surface area (Å²) in [7, 11) is 0. The third kappa shape index (κ3) is 22.0. The van der Waals surface area contributed by atoms with Crippen LogP contribution in [0.2, 0.25) is 40.2 Å². The monoisotopic (exact) mass is 1990 g/mol. The highest BCUT2D eigenvalue weighted by Crippen LogP contribution is 2.59. The molecule has 8 aliphatic rings. The number of hydrogen-bond acceptors (Lipinski definition) is 20. The molecule has 4 aliphatic heterocycles. The first-order valence-corrected chi connectivity index (χ1v) is 48.4. The number of benzene rings is 8. The van der Waals surface area contributed by atoms with Crippen LogP contribution in [0.1, 0.15) is 241 Å². The Balaban J connectivity index is 0.000000126. The summed E-state index contributed by atoms with van der Waals surface area (Å²) < 4.78 is 49.5. The molecule has 4 saturated carbocycles. The predicted molar refractivity (Wildman–Crippen MR) is 518 cm³/mol. The smallest absolute Gasteiger partial charge is 0.253 e. The van der Waals surface area contributed by atoms with E-state index < -0.39 is 73.0 Å². The van der Waals surface area contributed by atoms with Crippen molar-refractivity contribution in [2.75, 3.05) is 0 Å². The average molecular weight is 1990 g/mol. The molecule has 12 aromatic rings. The number of aromatic nitrogens is 8. The van der Waals surface area contributed by atoms with Gasteiger partial charge in [-0.15, -0.1) is 67.1 Å². The number of amides is 4. The van der Waals surface area contributed by atoms with E-state index in [1.807, 2.05) is 214 Å². The van der Waals surface area contributed by atoms with E-state index in [1.54, 1.807) is 52.0 Å². The van der Waals surface area contributed by atoms with E-state index >= 15 is 0 Å². The lowest BCUT2D eigenvalue weighted by atomic mass is 9.89. The third-order valence-corrected chi connectivity index (χ3v) is 27.4. The van der Waals surface area contributed by atoms with Crippen molar-refractivity contribution in [3.8, 4) is 0 Å². The Morgan fingerprint density at radius 1 is 0.279 bits per heavy atom. The van der Waals surface area contributed by atoms with Gasteiger partial charge in [-0.3, -0.25) is 19.2 Å². The molecular formula is C104H100Cl8N12O12. The van der Waals surface area contributed by atoms with Gasteiger partial charge in [0.2, 0.25) is 47.1 Å². The van der Waals surface area contributed by atoms with E-state index in [1.165, 1.54) is 0 Å². The van der Waals surface area contributed by atoms with E-state index in [9.17, 15) is 19.2 Å². The lowest BCUT2D eigenvalue weighted by molar-refractivity contribution is -0.181. The van der Waals surface area contributed by atoms with Gasteiger partial charge in [0, 0.05) is 93.6 Å². The standard InChI is InChI=1S/4C26H25Cl2N3O3/c4*1-3-5-21-26(32)31(23(17-8-9-17)25-30-29-15(2)33-25)22(16-10-12-19(27)13-11-16)24(34-21)18-6-4-7-20(28)14-18/h4*3-4,6-7,10-14,17,21-24H,1,5,8-9H2,2H3/t2*21-,22+,23+,24-;2*21-,22+,23-,24-/m1010/s1. The molecule has 16 atom stereocenters. The van der Waals surface area contributed by atoms with Gasteiger partial charge in [0.25, 0.3) is 23.6 Å². The molecule has 20 rings (SSSR count). The van der Waals surface area contributed by atoms with Gasteiger partial charge in [-0.25, -0.2) is 0 Å². The predicted octanol–water partition coefficient (Wildman–Crippen LogP) is 25.7. The van der Waals surface area contributed by atoms with E-state index in [0.717, 1.165) is 95.9 Å². The van der Waals surface area contributed by atoms with Gasteiger partial charge in [0.05, 0.1) is 24.2 Å². The van der Waals surface area contributed by atoms with Crippen molar-refractivity contribution in [1.82, 2.24) is 60.4 Å². The molecule has 24 nitrogen and oxygen atoms in total. The van der Waals surface area contributed by atoms with Crippen molar-refractivity contribution in [3.05, 3.63) is 377 Å². The van der Waals surface area contributed by atoms with E-state index in [4.69, 9.17) is 129 Å². The molecule has 704 valence electrons. The molecule has 8 fully saturated rings. The van der Waals surface area contributed by atoms with Gasteiger partial charge < -0.3 is 56.2 Å². The van der Waals surface area contributed by atoms with Crippen molar-refractivity contribution < 1.29 is 55.8 Å². The van der Waals surface area contributed by atoms with E-state index in [-0.39, 0.29) is 71.5 Å². The van der Waals surface area contributed by atoms with Crippen LogP contribution in [0.25, 0.3) is 0 Å². The molecule has 4 amide bonds. The van der Waals surface area contributed by atoms with Crippen LogP contribution in [0, 0.1) is 51.4 Å². The zero-order valence-corrected chi connectivity index (χ0v) is 81.0. The highest BCUT2D eigenvalue weighted by molar-refractivity contribution is 6.32. The number of halogens is 8. The lowest BCUT2D eigenvalue weighted by Crippen LogP contribution is -2.52. The number of aryl methyl sites for hydroxylation is 4. The van der Waals surface area contributed by atoms with Crippen LogP contribution in [0.5, 0.6) is 0 Å². The topological polar surface area (TPSA) is 274 Å². The van der Waals surface area contributed by atoms with Crippen molar-refractivity contribution in [2.45, 2.75) is 202 Å². The van der Waals surface area contributed by atoms with Gasteiger partial charge in [-0.1, -0.05) is 214 Å². The Kier molecular flexibility index (Phi) is 30.8. The van der Waals surface area contributed by atoms with E-state index in [2.05, 4.69) is 67.1 Å². The highest BCUT2D eigenvalue weighted by Gasteiger charge is 2.58. The molecule has 0 unspecified atom stereocenters. The minimum Gasteiger partial charge on any atom is -0.423 e. The van der Waals surface area contributed by atoms with Gasteiger partial charge >= 0.3 is 0 Å². The SMILES string of the molecule is C=CC[C@@H]1O[C@@H](c2cccc(Cl)c2)[C@@H](c2ccc(Cl)cc2)N([C@@H](c2nnc(C)o2)C2CC2)C1=O.C=CC[C@@H]1O[C@@H](c2cccc(Cl)c2)[C@@H](c2ccc(Cl)cc2)N([C@H](c2nnc(C)o2)C2CC2)C1=O.C=CC[C@H]1O[C@H](c2cccc(Cl)c2)[C@H](c2ccc(Cl)cc2)N([C@@H](c2nnc(C)o2)C2CC2)C1=O.C=CC[C@H]1O[C@H](c2cccc(Cl)c2)[C@H](c2ccc(Cl)cc2)N([C@H](c2nnc(C)o2)C2CC2)C1=O. The molecule has 0 bridgehead atoms. The fourth-order valence-electron chi connectivity index (χ4n) is 18.8. The van der Waals surface area contributed by atoms with Crippen LogP contribution in [-0.4, -0.2) is 108 Å². The average Bonchev–Trinajstić information content (AvgIpc) is 1.61. The van der Waals surface area contributed by atoms with Crippen LogP contribution in [-0.2, 0) is 38.1 Å².